The van der Waals surface area contributed by atoms with Crippen LogP contribution in [0.5, 0.6) is 0 Å². The molecule has 1 aliphatic carbocycles. The predicted molar refractivity (Wildman–Crippen MR) is 82.6 cm³/mol. The number of rotatable bonds is 6. The number of hydrogen-bond donors (Lipinski definition) is 0. The van der Waals surface area contributed by atoms with Crippen LogP contribution in [-0.4, -0.2) is 22.2 Å². The van der Waals surface area contributed by atoms with Crippen molar-refractivity contribution in [1.82, 2.24) is 9.88 Å². The van der Waals surface area contributed by atoms with E-state index in [-0.39, 0.29) is 0 Å². The molecule has 0 saturated heterocycles. The van der Waals surface area contributed by atoms with Gasteiger partial charge < -0.3 is 0 Å². The summed E-state index contributed by atoms with van der Waals surface area (Å²) in [6.45, 7) is 2.02. The number of hydrogen-bond acceptors (Lipinski definition) is 4. The second-order valence-electron chi connectivity index (χ2n) is 4.96. The summed E-state index contributed by atoms with van der Waals surface area (Å²) in [4.78, 5) is 8.30. The van der Waals surface area contributed by atoms with Gasteiger partial charge in [0.05, 0.1) is 11.2 Å². The Morgan fingerprint density at radius 1 is 1.26 bits per heavy atom. The molecule has 2 nitrogen and oxygen atoms in total. The van der Waals surface area contributed by atoms with Crippen molar-refractivity contribution in [2.75, 3.05) is 6.26 Å². The Bertz CT molecular complexity index is 503. The maximum atomic E-state index is 4.41. The molecule has 0 aliphatic heterocycles. The van der Waals surface area contributed by atoms with Gasteiger partial charge in [-0.2, -0.15) is 0 Å². The summed E-state index contributed by atoms with van der Waals surface area (Å²) in [5, 5.41) is 2.16. The molecule has 2 aromatic rings. The van der Waals surface area contributed by atoms with Crippen LogP contribution in [-0.2, 0) is 13.1 Å². The van der Waals surface area contributed by atoms with Crippen molar-refractivity contribution in [2.45, 2.75) is 36.9 Å². The third-order valence-electron chi connectivity index (χ3n) is 3.46. The summed E-state index contributed by atoms with van der Waals surface area (Å²) in [5.41, 5.74) is 4.53. The van der Waals surface area contributed by atoms with Gasteiger partial charge in [-0.1, -0.05) is 12.1 Å². The van der Waals surface area contributed by atoms with Crippen molar-refractivity contribution in [3.8, 4) is 0 Å². The minimum atomic E-state index is 0.766. The summed E-state index contributed by atoms with van der Waals surface area (Å²) >= 11 is 3.48. The Labute approximate surface area is 122 Å². The smallest absolute Gasteiger partial charge is 0.0795 e. The number of thioether (sulfide) groups is 1. The normalized spacial score (nSPS) is 15.1. The van der Waals surface area contributed by atoms with Gasteiger partial charge in [-0.15, -0.1) is 23.1 Å². The Kier molecular flexibility index (Phi) is 4.21. The fourth-order valence-electron chi connectivity index (χ4n) is 2.24. The number of nitrogens with zero attached hydrogens (tertiary/aromatic N) is 2. The SMILES string of the molecule is CSc1ccc(CN(Cc2cscn2)C2CC2)cc1. The van der Waals surface area contributed by atoms with Crippen LogP contribution in [0.2, 0.25) is 0 Å². The van der Waals surface area contributed by atoms with Crippen LogP contribution < -0.4 is 0 Å². The lowest BCUT2D eigenvalue weighted by Crippen LogP contribution is -2.25. The zero-order chi connectivity index (χ0) is 13.1. The van der Waals surface area contributed by atoms with E-state index in [0.29, 0.717) is 0 Å². The van der Waals surface area contributed by atoms with Gasteiger partial charge in [0.2, 0.25) is 0 Å². The summed E-state index contributed by atoms with van der Waals surface area (Å²) in [6, 6.07) is 9.70. The third-order valence-corrected chi connectivity index (χ3v) is 4.84. The van der Waals surface area contributed by atoms with Crippen molar-refractivity contribution in [3.63, 3.8) is 0 Å². The maximum absolute atomic E-state index is 4.41. The molecule has 0 N–H and O–H groups in total. The zero-order valence-corrected chi connectivity index (χ0v) is 12.7. The van der Waals surface area contributed by atoms with Gasteiger partial charge in [0.1, 0.15) is 0 Å². The van der Waals surface area contributed by atoms with Crippen LogP contribution in [0.4, 0.5) is 0 Å². The minimum absolute atomic E-state index is 0.766. The van der Waals surface area contributed by atoms with E-state index in [9.17, 15) is 0 Å². The van der Waals surface area contributed by atoms with Crippen LogP contribution in [0.25, 0.3) is 0 Å². The molecule has 0 atom stereocenters. The fraction of sp³-hybridized carbons (Fsp3) is 0.400. The first kappa shape index (κ1) is 13.2. The molecule has 1 aromatic carbocycles. The van der Waals surface area contributed by atoms with Crippen molar-refractivity contribution in [3.05, 3.63) is 46.4 Å². The van der Waals surface area contributed by atoms with Crippen molar-refractivity contribution in [1.29, 1.82) is 0 Å². The van der Waals surface area contributed by atoms with Gasteiger partial charge in [0.15, 0.2) is 0 Å². The van der Waals surface area contributed by atoms with Gasteiger partial charge in [0, 0.05) is 29.4 Å². The van der Waals surface area contributed by atoms with Crippen molar-refractivity contribution < 1.29 is 0 Å². The highest BCUT2D eigenvalue weighted by atomic mass is 32.2. The molecule has 0 unspecified atom stereocenters. The highest BCUT2D eigenvalue weighted by Gasteiger charge is 2.29. The molecule has 100 valence electrons. The Morgan fingerprint density at radius 2 is 2.05 bits per heavy atom. The molecule has 0 amide bonds. The van der Waals surface area contributed by atoms with Gasteiger partial charge in [0.25, 0.3) is 0 Å². The third kappa shape index (κ3) is 3.59. The van der Waals surface area contributed by atoms with Crippen LogP contribution >= 0.6 is 23.1 Å². The Hall–Kier alpha value is -0.840. The molecule has 1 fully saturated rings. The van der Waals surface area contributed by atoms with Crippen LogP contribution in [0.3, 0.4) is 0 Å². The highest BCUT2D eigenvalue weighted by molar-refractivity contribution is 7.98. The standard InChI is InChI=1S/C15H18N2S2/c1-18-15-6-2-12(3-7-15)8-17(14-4-5-14)9-13-10-19-11-16-13/h2-3,6-7,10-11,14H,4-5,8-9H2,1H3. The zero-order valence-electron chi connectivity index (χ0n) is 11.1. The maximum Gasteiger partial charge on any atom is 0.0795 e. The van der Waals surface area contributed by atoms with Gasteiger partial charge >= 0.3 is 0 Å². The highest BCUT2D eigenvalue weighted by Crippen LogP contribution is 2.30. The van der Waals surface area contributed by atoms with E-state index in [0.717, 1.165) is 19.1 Å². The van der Waals surface area contributed by atoms with E-state index >= 15 is 0 Å². The molecule has 0 spiro atoms. The molecule has 0 bridgehead atoms. The van der Waals surface area contributed by atoms with Crippen LogP contribution in [0.1, 0.15) is 24.1 Å². The number of benzene rings is 1. The van der Waals surface area contributed by atoms with E-state index in [1.54, 1.807) is 23.1 Å². The van der Waals surface area contributed by atoms with Gasteiger partial charge in [-0.05, 0) is 36.8 Å². The quantitative estimate of drug-likeness (QED) is 0.747. The first-order chi connectivity index (χ1) is 9.35. The van der Waals surface area contributed by atoms with Gasteiger partial charge in [-0.3, -0.25) is 4.90 Å². The monoisotopic (exact) mass is 290 g/mol. The average Bonchev–Trinajstić information content (AvgIpc) is 3.17. The number of thiazole rings is 1. The molecular weight excluding hydrogens is 272 g/mol. The van der Waals surface area contributed by atoms with E-state index in [1.807, 2.05) is 5.51 Å². The summed E-state index contributed by atoms with van der Waals surface area (Å²) in [7, 11) is 0. The molecule has 3 rings (SSSR count). The van der Waals surface area contributed by atoms with Crippen molar-refractivity contribution in [2.24, 2.45) is 0 Å². The molecule has 0 radical (unpaired) electrons. The number of aromatic nitrogens is 1. The van der Waals surface area contributed by atoms with E-state index in [1.165, 1.54) is 29.0 Å². The predicted octanol–water partition coefficient (Wildman–Crippen LogP) is 4.03. The topological polar surface area (TPSA) is 16.1 Å². The lowest BCUT2D eigenvalue weighted by molar-refractivity contribution is 0.243. The van der Waals surface area contributed by atoms with Gasteiger partial charge in [-0.25, -0.2) is 4.98 Å². The first-order valence-electron chi connectivity index (χ1n) is 6.59. The summed E-state index contributed by atoms with van der Waals surface area (Å²) in [5.74, 6) is 0. The van der Waals surface area contributed by atoms with E-state index in [4.69, 9.17) is 0 Å². The van der Waals surface area contributed by atoms with E-state index < -0.39 is 0 Å². The Balaban J connectivity index is 1.66. The Morgan fingerprint density at radius 3 is 2.63 bits per heavy atom. The van der Waals surface area contributed by atoms with Crippen LogP contribution in [0.15, 0.2) is 40.1 Å². The molecule has 1 heterocycles. The fourth-order valence-corrected chi connectivity index (χ4v) is 3.20. The summed E-state index contributed by atoms with van der Waals surface area (Å²) in [6.07, 6.45) is 4.80. The average molecular weight is 290 g/mol. The lowest BCUT2D eigenvalue weighted by Gasteiger charge is -2.21. The largest absolute Gasteiger partial charge is 0.290 e. The van der Waals surface area contributed by atoms with E-state index in [2.05, 4.69) is 45.8 Å². The molecule has 1 saturated carbocycles. The minimum Gasteiger partial charge on any atom is -0.290 e. The first-order valence-corrected chi connectivity index (χ1v) is 8.76. The lowest BCUT2D eigenvalue weighted by atomic mass is 10.2. The molecule has 1 aromatic heterocycles. The second kappa shape index (κ2) is 6.07. The second-order valence-corrected chi connectivity index (χ2v) is 6.56. The molecular formula is C15H18N2S2. The van der Waals surface area contributed by atoms with Crippen LogP contribution in [0, 0.1) is 0 Å². The molecule has 19 heavy (non-hydrogen) atoms. The molecule has 4 heteroatoms. The molecule has 1 aliphatic rings. The van der Waals surface area contributed by atoms with Crippen molar-refractivity contribution >= 4 is 23.1 Å². The summed E-state index contributed by atoms with van der Waals surface area (Å²) < 4.78 is 0.